The van der Waals surface area contributed by atoms with Crippen LogP contribution in [0, 0.1) is 6.92 Å². The summed E-state index contributed by atoms with van der Waals surface area (Å²) in [6, 6.07) is 7.25. The number of rotatable bonds is 4. The zero-order chi connectivity index (χ0) is 14.0. The summed E-state index contributed by atoms with van der Waals surface area (Å²) in [6.07, 6.45) is 2.66. The predicted molar refractivity (Wildman–Crippen MR) is 81.0 cm³/mol. The van der Waals surface area contributed by atoms with Gasteiger partial charge in [-0.3, -0.25) is 0 Å². The molecule has 1 N–H and O–H groups in total. The Morgan fingerprint density at radius 3 is 2.47 bits per heavy atom. The molecule has 0 aromatic heterocycles. The van der Waals surface area contributed by atoms with Crippen LogP contribution in [0.1, 0.15) is 51.7 Å². The highest BCUT2D eigenvalue weighted by Gasteiger charge is 2.30. The Morgan fingerprint density at radius 1 is 1.26 bits per heavy atom. The lowest BCUT2D eigenvalue weighted by atomic mass is 9.86. The minimum atomic E-state index is 0.204. The third-order valence-electron chi connectivity index (χ3n) is 3.92. The van der Waals surface area contributed by atoms with Gasteiger partial charge in [-0.2, -0.15) is 0 Å². The molecule has 1 fully saturated rings. The summed E-state index contributed by atoms with van der Waals surface area (Å²) in [6.45, 7) is 12.1. The van der Waals surface area contributed by atoms with Crippen LogP contribution in [-0.4, -0.2) is 18.7 Å². The smallest absolute Gasteiger partial charge is 0.122 e. The molecule has 19 heavy (non-hydrogen) atoms. The lowest BCUT2D eigenvalue weighted by molar-refractivity contribution is 0.0852. The molecule has 0 radical (unpaired) electrons. The average molecular weight is 261 g/mol. The van der Waals surface area contributed by atoms with Crippen molar-refractivity contribution < 1.29 is 4.74 Å². The fourth-order valence-corrected chi connectivity index (χ4v) is 2.54. The fourth-order valence-electron chi connectivity index (χ4n) is 2.54. The van der Waals surface area contributed by atoms with Crippen molar-refractivity contribution >= 4 is 0 Å². The minimum absolute atomic E-state index is 0.204. The van der Waals surface area contributed by atoms with Crippen molar-refractivity contribution in [3.05, 3.63) is 29.3 Å². The van der Waals surface area contributed by atoms with Crippen molar-refractivity contribution in [2.75, 3.05) is 6.54 Å². The molecular formula is C17H27NO. The summed E-state index contributed by atoms with van der Waals surface area (Å²) in [4.78, 5) is 0. The summed E-state index contributed by atoms with van der Waals surface area (Å²) < 4.78 is 6.09. The molecule has 1 saturated carbocycles. The van der Waals surface area contributed by atoms with Crippen LogP contribution >= 0.6 is 0 Å². The first kappa shape index (κ1) is 14.4. The Labute approximate surface area is 117 Å². The number of nitrogens with one attached hydrogen (secondary N) is 1. The molecule has 0 amide bonds. The van der Waals surface area contributed by atoms with Gasteiger partial charge in [0.25, 0.3) is 0 Å². The van der Waals surface area contributed by atoms with Gasteiger partial charge in [0.05, 0.1) is 0 Å². The van der Waals surface area contributed by atoms with E-state index in [4.69, 9.17) is 4.74 Å². The van der Waals surface area contributed by atoms with E-state index in [1.54, 1.807) is 0 Å². The first-order valence-electron chi connectivity index (χ1n) is 7.41. The standard InChI is InChI=1S/C17H27NO/c1-6-18-14-10-15(11-14)19-16-8-7-13(9-12(16)2)17(3,4)5/h7-9,14-15,18H,6,10-11H2,1-5H3. The largest absolute Gasteiger partial charge is 0.490 e. The highest BCUT2D eigenvalue weighted by Crippen LogP contribution is 2.31. The van der Waals surface area contributed by atoms with E-state index in [1.165, 1.54) is 11.1 Å². The van der Waals surface area contributed by atoms with Crippen LogP contribution in [0.25, 0.3) is 0 Å². The van der Waals surface area contributed by atoms with Crippen molar-refractivity contribution in [3.8, 4) is 5.75 Å². The molecule has 0 atom stereocenters. The van der Waals surface area contributed by atoms with Crippen LogP contribution in [0.4, 0.5) is 0 Å². The Balaban J connectivity index is 1.96. The second kappa shape index (κ2) is 5.54. The fraction of sp³-hybridized carbons (Fsp3) is 0.647. The minimum Gasteiger partial charge on any atom is -0.490 e. The van der Waals surface area contributed by atoms with Gasteiger partial charge in [0.1, 0.15) is 11.9 Å². The van der Waals surface area contributed by atoms with E-state index in [0.717, 1.165) is 25.1 Å². The Kier molecular flexibility index (Phi) is 4.19. The number of hydrogen-bond donors (Lipinski definition) is 1. The van der Waals surface area contributed by atoms with E-state index < -0.39 is 0 Å². The zero-order valence-corrected chi connectivity index (χ0v) is 12.9. The molecular weight excluding hydrogens is 234 g/mol. The molecule has 0 unspecified atom stereocenters. The second-order valence-electron chi connectivity index (χ2n) is 6.70. The molecule has 0 spiro atoms. The quantitative estimate of drug-likeness (QED) is 0.890. The third-order valence-corrected chi connectivity index (χ3v) is 3.92. The van der Waals surface area contributed by atoms with Crippen LogP contribution in [0.15, 0.2) is 18.2 Å². The van der Waals surface area contributed by atoms with Crippen molar-refractivity contribution in [1.29, 1.82) is 0 Å². The maximum Gasteiger partial charge on any atom is 0.122 e. The number of aryl methyl sites for hydroxylation is 1. The highest BCUT2D eigenvalue weighted by atomic mass is 16.5. The van der Waals surface area contributed by atoms with E-state index in [-0.39, 0.29) is 5.41 Å². The second-order valence-corrected chi connectivity index (χ2v) is 6.70. The Hall–Kier alpha value is -1.02. The highest BCUT2D eigenvalue weighted by molar-refractivity contribution is 5.39. The molecule has 106 valence electrons. The van der Waals surface area contributed by atoms with E-state index in [1.807, 2.05) is 0 Å². The number of hydrogen-bond acceptors (Lipinski definition) is 2. The first-order chi connectivity index (χ1) is 8.90. The molecule has 1 aromatic carbocycles. The number of ether oxygens (including phenoxy) is 1. The van der Waals surface area contributed by atoms with Crippen LogP contribution in [0.2, 0.25) is 0 Å². The van der Waals surface area contributed by atoms with Crippen LogP contribution in [-0.2, 0) is 5.41 Å². The van der Waals surface area contributed by atoms with Gasteiger partial charge in [-0.15, -0.1) is 0 Å². The molecule has 2 heteroatoms. The molecule has 1 aromatic rings. The van der Waals surface area contributed by atoms with Gasteiger partial charge in [-0.1, -0.05) is 39.8 Å². The van der Waals surface area contributed by atoms with E-state index in [0.29, 0.717) is 12.1 Å². The molecule has 2 nitrogen and oxygen atoms in total. The van der Waals surface area contributed by atoms with Crippen LogP contribution in [0.5, 0.6) is 5.75 Å². The van der Waals surface area contributed by atoms with Gasteiger partial charge in [-0.05, 0) is 48.9 Å². The topological polar surface area (TPSA) is 21.3 Å². The van der Waals surface area contributed by atoms with Gasteiger partial charge < -0.3 is 10.1 Å². The molecule has 0 heterocycles. The third kappa shape index (κ3) is 3.50. The zero-order valence-electron chi connectivity index (χ0n) is 12.9. The summed E-state index contributed by atoms with van der Waals surface area (Å²) in [7, 11) is 0. The van der Waals surface area contributed by atoms with Gasteiger partial charge in [0.15, 0.2) is 0 Å². The van der Waals surface area contributed by atoms with Crippen molar-refractivity contribution in [1.82, 2.24) is 5.32 Å². The molecule has 0 bridgehead atoms. The normalized spacial score (nSPS) is 23.0. The lowest BCUT2D eigenvalue weighted by Crippen LogP contribution is -2.46. The van der Waals surface area contributed by atoms with Gasteiger partial charge in [-0.25, -0.2) is 0 Å². The van der Waals surface area contributed by atoms with Crippen molar-refractivity contribution in [3.63, 3.8) is 0 Å². The Morgan fingerprint density at radius 2 is 1.95 bits per heavy atom. The Bertz CT molecular complexity index is 427. The van der Waals surface area contributed by atoms with E-state index in [9.17, 15) is 0 Å². The van der Waals surface area contributed by atoms with Crippen molar-refractivity contribution in [2.45, 2.75) is 65.0 Å². The average Bonchev–Trinajstić information content (AvgIpc) is 2.27. The monoisotopic (exact) mass is 261 g/mol. The van der Waals surface area contributed by atoms with Crippen molar-refractivity contribution in [2.24, 2.45) is 0 Å². The summed E-state index contributed by atoms with van der Waals surface area (Å²) in [5.74, 6) is 1.05. The predicted octanol–water partition coefficient (Wildman–Crippen LogP) is 3.81. The molecule has 0 aliphatic heterocycles. The van der Waals surface area contributed by atoms with Crippen LogP contribution in [0.3, 0.4) is 0 Å². The molecule has 2 rings (SSSR count). The maximum absolute atomic E-state index is 6.09. The summed E-state index contributed by atoms with van der Waals surface area (Å²) in [5.41, 5.74) is 2.83. The summed E-state index contributed by atoms with van der Waals surface area (Å²) >= 11 is 0. The first-order valence-corrected chi connectivity index (χ1v) is 7.41. The number of benzene rings is 1. The maximum atomic E-state index is 6.09. The van der Waals surface area contributed by atoms with E-state index >= 15 is 0 Å². The lowest BCUT2D eigenvalue weighted by Gasteiger charge is -2.36. The van der Waals surface area contributed by atoms with Crippen LogP contribution < -0.4 is 10.1 Å². The van der Waals surface area contributed by atoms with Gasteiger partial charge in [0, 0.05) is 6.04 Å². The molecule has 1 aliphatic rings. The molecule has 1 aliphatic carbocycles. The molecule has 0 saturated heterocycles. The van der Waals surface area contributed by atoms with Gasteiger partial charge >= 0.3 is 0 Å². The van der Waals surface area contributed by atoms with E-state index in [2.05, 4.69) is 58.1 Å². The SMILES string of the molecule is CCNC1CC(Oc2ccc(C(C)(C)C)cc2C)C1. The summed E-state index contributed by atoms with van der Waals surface area (Å²) in [5, 5.41) is 3.46. The van der Waals surface area contributed by atoms with Gasteiger partial charge in [0.2, 0.25) is 0 Å².